The normalized spacial score (nSPS) is 11.0. The minimum atomic E-state index is -0.199. The summed E-state index contributed by atoms with van der Waals surface area (Å²) in [6.07, 6.45) is 0.790. The second kappa shape index (κ2) is 5.91. The number of rotatable bonds is 4. The highest BCUT2D eigenvalue weighted by Crippen LogP contribution is 2.23. The van der Waals surface area contributed by atoms with E-state index in [0.717, 1.165) is 34.8 Å². The maximum Gasteiger partial charge on any atom is 0.195 e. The van der Waals surface area contributed by atoms with Crippen LogP contribution in [0.15, 0.2) is 35.7 Å². The maximum absolute atomic E-state index is 13.1. The average Bonchev–Trinajstić information content (AvgIpc) is 3.08. The van der Waals surface area contributed by atoms with E-state index in [2.05, 4.69) is 10.2 Å². The van der Waals surface area contributed by atoms with Gasteiger partial charge in [0.15, 0.2) is 10.6 Å². The fraction of sp³-hybridized carbons (Fsp3) is 0.200. The van der Waals surface area contributed by atoms with Gasteiger partial charge in [-0.25, -0.2) is 4.39 Å². The summed E-state index contributed by atoms with van der Waals surface area (Å²) in [6.45, 7) is 2.64. The third kappa shape index (κ3) is 2.96. The Morgan fingerprint density at radius 3 is 2.95 bits per heavy atom. The number of halogens is 1. The van der Waals surface area contributed by atoms with E-state index in [1.807, 2.05) is 35.1 Å². The number of hydrogen-bond acceptors (Lipinski definition) is 3. The zero-order valence-corrected chi connectivity index (χ0v) is 13.1. The molecule has 0 fully saturated rings. The van der Waals surface area contributed by atoms with Crippen LogP contribution in [0.3, 0.4) is 0 Å². The van der Waals surface area contributed by atoms with Gasteiger partial charge in [-0.05, 0) is 60.3 Å². The first-order chi connectivity index (χ1) is 10.1. The van der Waals surface area contributed by atoms with Gasteiger partial charge in [-0.3, -0.25) is 9.67 Å². The highest BCUT2D eigenvalue weighted by atomic mass is 32.1. The lowest BCUT2D eigenvalue weighted by Crippen LogP contribution is -2.04. The molecule has 0 saturated heterocycles. The van der Waals surface area contributed by atoms with Gasteiger partial charge in [0, 0.05) is 6.54 Å². The summed E-state index contributed by atoms with van der Waals surface area (Å²) in [4.78, 5) is 1.08. The molecule has 0 radical (unpaired) electrons. The first-order valence-electron chi connectivity index (χ1n) is 6.59. The molecule has 3 nitrogen and oxygen atoms in total. The summed E-state index contributed by atoms with van der Waals surface area (Å²) >= 11 is 6.94. The fourth-order valence-corrected chi connectivity index (χ4v) is 3.24. The lowest BCUT2D eigenvalue weighted by Gasteiger charge is -2.08. The summed E-state index contributed by atoms with van der Waals surface area (Å²) in [5, 5.41) is 9.17. The van der Waals surface area contributed by atoms with Gasteiger partial charge in [-0.1, -0.05) is 12.1 Å². The molecule has 6 heteroatoms. The summed E-state index contributed by atoms with van der Waals surface area (Å²) in [5.74, 6) is 0.658. The molecule has 3 rings (SSSR count). The first kappa shape index (κ1) is 14.2. The van der Waals surface area contributed by atoms with Crippen LogP contribution in [-0.2, 0) is 13.0 Å². The standard InChI is InChI=1S/C15H14FN3S2/c1-10-9-12(16)5-4-11(10)6-7-19-14(17-18-15(19)20)13-3-2-8-21-13/h2-5,8-9H,6-7H2,1H3,(H,18,20). The highest BCUT2D eigenvalue weighted by Gasteiger charge is 2.10. The van der Waals surface area contributed by atoms with Gasteiger partial charge in [0.1, 0.15) is 5.82 Å². The van der Waals surface area contributed by atoms with Crippen molar-refractivity contribution in [3.63, 3.8) is 0 Å². The topological polar surface area (TPSA) is 33.6 Å². The molecule has 21 heavy (non-hydrogen) atoms. The number of benzene rings is 1. The number of H-pyrrole nitrogens is 1. The Morgan fingerprint density at radius 1 is 1.38 bits per heavy atom. The molecule has 108 valence electrons. The van der Waals surface area contributed by atoms with Crippen molar-refractivity contribution in [2.45, 2.75) is 19.9 Å². The van der Waals surface area contributed by atoms with Crippen molar-refractivity contribution in [1.82, 2.24) is 14.8 Å². The number of nitrogens with zero attached hydrogens (tertiary/aromatic N) is 2. The molecule has 1 N–H and O–H groups in total. The first-order valence-corrected chi connectivity index (χ1v) is 7.88. The van der Waals surface area contributed by atoms with Crippen molar-refractivity contribution in [1.29, 1.82) is 0 Å². The van der Waals surface area contributed by atoms with E-state index in [-0.39, 0.29) is 5.82 Å². The minimum Gasteiger partial charge on any atom is -0.299 e. The van der Waals surface area contributed by atoms with E-state index in [1.54, 1.807) is 17.4 Å². The molecule has 0 aliphatic heterocycles. The van der Waals surface area contributed by atoms with E-state index in [9.17, 15) is 4.39 Å². The Morgan fingerprint density at radius 2 is 2.24 bits per heavy atom. The maximum atomic E-state index is 13.1. The second-order valence-electron chi connectivity index (χ2n) is 4.80. The molecular weight excluding hydrogens is 305 g/mol. The zero-order chi connectivity index (χ0) is 14.8. The van der Waals surface area contributed by atoms with Crippen LogP contribution >= 0.6 is 23.6 Å². The Bertz CT molecular complexity index is 803. The van der Waals surface area contributed by atoms with Crippen LogP contribution < -0.4 is 0 Å². The molecule has 0 aliphatic rings. The van der Waals surface area contributed by atoms with Crippen LogP contribution in [0.4, 0.5) is 4.39 Å². The van der Waals surface area contributed by atoms with Gasteiger partial charge in [0.25, 0.3) is 0 Å². The van der Waals surface area contributed by atoms with Gasteiger partial charge < -0.3 is 0 Å². The Hall–Kier alpha value is -1.79. The van der Waals surface area contributed by atoms with Crippen LogP contribution in [0.5, 0.6) is 0 Å². The van der Waals surface area contributed by atoms with Crippen LogP contribution in [0.25, 0.3) is 10.7 Å². The molecule has 2 aromatic heterocycles. The largest absolute Gasteiger partial charge is 0.299 e. The second-order valence-corrected chi connectivity index (χ2v) is 6.14. The van der Waals surface area contributed by atoms with E-state index in [4.69, 9.17) is 12.2 Å². The van der Waals surface area contributed by atoms with E-state index < -0.39 is 0 Å². The van der Waals surface area contributed by atoms with Gasteiger partial charge >= 0.3 is 0 Å². The van der Waals surface area contributed by atoms with E-state index in [1.165, 1.54) is 6.07 Å². The predicted molar refractivity (Wildman–Crippen MR) is 85.6 cm³/mol. The van der Waals surface area contributed by atoms with Gasteiger partial charge in [-0.2, -0.15) is 5.10 Å². The van der Waals surface area contributed by atoms with Crippen molar-refractivity contribution >= 4 is 23.6 Å². The lowest BCUT2D eigenvalue weighted by molar-refractivity contribution is 0.623. The lowest BCUT2D eigenvalue weighted by atomic mass is 10.1. The molecule has 0 aliphatic carbocycles. The van der Waals surface area contributed by atoms with Gasteiger partial charge in [0.2, 0.25) is 0 Å². The van der Waals surface area contributed by atoms with Crippen molar-refractivity contribution in [2.75, 3.05) is 0 Å². The number of aromatic nitrogens is 3. The van der Waals surface area contributed by atoms with E-state index in [0.29, 0.717) is 4.77 Å². The minimum absolute atomic E-state index is 0.199. The summed E-state index contributed by atoms with van der Waals surface area (Å²) in [6, 6.07) is 8.90. The van der Waals surface area contributed by atoms with Crippen LogP contribution in [0, 0.1) is 17.5 Å². The van der Waals surface area contributed by atoms with Crippen molar-refractivity contribution < 1.29 is 4.39 Å². The zero-order valence-electron chi connectivity index (χ0n) is 11.5. The molecule has 0 bridgehead atoms. The molecular formula is C15H14FN3S2. The SMILES string of the molecule is Cc1cc(F)ccc1CCn1c(-c2cccs2)n[nH]c1=S. The number of hydrogen-bond donors (Lipinski definition) is 1. The van der Waals surface area contributed by atoms with Crippen LogP contribution in [-0.4, -0.2) is 14.8 Å². The Balaban J connectivity index is 1.86. The Kier molecular flexibility index (Phi) is 3.98. The number of thiophene rings is 1. The predicted octanol–water partition coefficient (Wildman–Crippen LogP) is 4.36. The summed E-state index contributed by atoms with van der Waals surface area (Å²) < 4.78 is 15.7. The molecule has 0 unspecified atom stereocenters. The van der Waals surface area contributed by atoms with Crippen molar-refractivity contribution in [3.05, 3.63) is 57.4 Å². The average molecular weight is 319 g/mol. The Labute approximate surface area is 131 Å². The molecule has 0 spiro atoms. The van der Waals surface area contributed by atoms with Crippen LogP contribution in [0.2, 0.25) is 0 Å². The molecule has 3 aromatic rings. The summed E-state index contributed by atoms with van der Waals surface area (Å²) in [7, 11) is 0. The smallest absolute Gasteiger partial charge is 0.195 e. The number of nitrogens with one attached hydrogen (secondary N) is 1. The van der Waals surface area contributed by atoms with Gasteiger partial charge in [0.05, 0.1) is 4.88 Å². The third-order valence-corrected chi connectivity index (χ3v) is 4.59. The fourth-order valence-electron chi connectivity index (χ4n) is 2.29. The highest BCUT2D eigenvalue weighted by molar-refractivity contribution is 7.71. The van der Waals surface area contributed by atoms with Crippen molar-refractivity contribution in [2.24, 2.45) is 0 Å². The quantitative estimate of drug-likeness (QED) is 0.725. The molecule has 0 saturated carbocycles. The molecule has 1 aromatic carbocycles. The molecule has 0 amide bonds. The molecule has 2 heterocycles. The molecule has 0 atom stereocenters. The van der Waals surface area contributed by atoms with Crippen molar-refractivity contribution in [3.8, 4) is 10.7 Å². The van der Waals surface area contributed by atoms with Gasteiger partial charge in [-0.15, -0.1) is 11.3 Å². The number of aromatic amines is 1. The summed E-state index contributed by atoms with van der Waals surface area (Å²) in [5.41, 5.74) is 2.08. The monoisotopic (exact) mass is 319 g/mol. The number of aryl methyl sites for hydroxylation is 2. The van der Waals surface area contributed by atoms with Crippen LogP contribution in [0.1, 0.15) is 11.1 Å². The third-order valence-electron chi connectivity index (χ3n) is 3.41. The van der Waals surface area contributed by atoms with E-state index >= 15 is 0 Å².